The molecule has 0 unspecified atom stereocenters. The van der Waals surface area contributed by atoms with E-state index in [1.165, 1.54) is 21.2 Å². The number of rotatable bonds is 21. The maximum atomic E-state index is 14.0. The van der Waals surface area contributed by atoms with Crippen LogP contribution >= 0.6 is 27.6 Å². The van der Waals surface area contributed by atoms with Crippen molar-refractivity contribution < 1.29 is 14.4 Å². The molecule has 4 amide bonds. The summed E-state index contributed by atoms with van der Waals surface area (Å²) in [6.07, 6.45) is 8.35. The van der Waals surface area contributed by atoms with Gasteiger partial charge in [-0.15, -0.1) is 0 Å². The van der Waals surface area contributed by atoms with Crippen molar-refractivity contribution in [3.05, 3.63) is 121 Å². The summed E-state index contributed by atoms with van der Waals surface area (Å²) < 4.78 is 0. The lowest BCUT2D eigenvalue weighted by molar-refractivity contribution is -0.130. The maximum Gasteiger partial charge on any atom is 0.315 e. The van der Waals surface area contributed by atoms with Crippen LogP contribution in [-0.4, -0.2) is 77.8 Å². The molecule has 2 aliphatic heterocycles. The normalized spacial score (nSPS) is 17.6. The van der Waals surface area contributed by atoms with Crippen molar-refractivity contribution in [3.63, 3.8) is 0 Å². The average Bonchev–Trinajstić information content (AvgIpc) is 3.77. The maximum absolute atomic E-state index is 14.0. The quantitative estimate of drug-likeness (QED) is 0.0513. The summed E-state index contributed by atoms with van der Waals surface area (Å²) in [6.45, 7) is 2.10. The molecule has 0 aliphatic carbocycles. The van der Waals surface area contributed by atoms with E-state index in [9.17, 15) is 14.4 Å². The van der Waals surface area contributed by atoms with Crippen LogP contribution in [0.5, 0.6) is 0 Å². The smallest absolute Gasteiger partial charge is 0.315 e. The Hall–Kier alpha value is -3.70. The number of amides is 4. The summed E-state index contributed by atoms with van der Waals surface area (Å²) in [6, 6.07) is 43.5. The largest absolute Gasteiger partial charge is 0.356 e. The fourth-order valence-electron chi connectivity index (χ4n) is 7.38. The number of nitrogens with one attached hydrogen (secondary N) is 3. The van der Waals surface area contributed by atoms with Gasteiger partial charge in [-0.2, -0.15) is 11.8 Å². The second-order valence-corrected chi connectivity index (χ2v) is 20.0. The van der Waals surface area contributed by atoms with Gasteiger partial charge >= 0.3 is 6.03 Å². The van der Waals surface area contributed by atoms with Gasteiger partial charge < -0.3 is 20.9 Å². The number of thioether (sulfide) groups is 1. The molecule has 0 saturated carbocycles. The number of carbonyl (C=O) groups excluding carboxylic acids is 3. The lowest BCUT2D eigenvalue weighted by Gasteiger charge is -2.28. The number of nitrogens with zero attached hydrogens (tertiary/aromatic N) is 1. The lowest BCUT2D eigenvalue weighted by Crippen LogP contribution is -2.37. The van der Waals surface area contributed by atoms with Crippen LogP contribution in [0, 0.1) is 0 Å². The number of hydrogen-bond acceptors (Lipinski definition) is 4. The van der Waals surface area contributed by atoms with E-state index in [1.807, 2.05) is 11.8 Å². The number of benzene rings is 4. The molecule has 4 aromatic carbocycles. The van der Waals surface area contributed by atoms with E-state index in [1.54, 1.807) is 0 Å². The zero-order chi connectivity index (χ0) is 37.4. The number of carbonyl (C=O) groups is 3. The van der Waals surface area contributed by atoms with Crippen molar-refractivity contribution in [1.29, 1.82) is 0 Å². The highest BCUT2D eigenvalue weighted by molar-refractivity contribution is 8.00. The summed E-state index contributed by atoms with van der Waals surface area (Å²) in [5.74, 6) is 1.29. The summed E-state index contributed by atoms with van der Waals surface area (Å²) in [4.78, 5) is 40.3. The predicted molar refractivity (Wildman–Crippen MR) is 230 cm³/mol. The van der Waals surface area contributed by atoms with E-state index in [0.717, 1.165) is 69.7 Å². The summed E-state index contributed by atoms with van der Waals surface area (Å²) >= 11 is 1.92. The van der Waals surface area contributed by atoms with Crippen LogP contribution in [0.1, 0.15) is 51.4 Å². The van der Waals surface area contributed by atoms with Crippen molar-refractivity contribution in [2.24, 2.45) is 0 Å². The molecule has 6 rings (SSSR count). The van der Waals surface area contributed by atoms with Crippen molar-refractivity contribution in [1.82, 2.24) is 20.9 Å². The van der Waals surface area contributed by atoms with E-state index in [2.05, 4.69) is 142 Å². The first kappa shape index (κ1) is 40.0. The highest BCUT2D eigenvalue weighted by Crippen LogP contribution is 2.36. The van der Waals surface area contributed by atoms with Gasteiger partial charge in [-0.25, -0.2) is 4.79 Å². The minimum absolute atomic E-state index is 0.0515. The fourth-order valence-corrected chi connectivity index (χ4v) is 13.6. The first-order chi connectivity index (χ1) is 26.5. The molecule has 54 heavy (non-hydrogen) atoms. The highest BCUT2D eigenvalue weighted by Gasteiger charge is 2.42. The highest BCUT2D eigenvalue weighted by atomic mass is 32.2. The topological polar surface area (TPSA) is 90.5 Å². The molecule has 7 nitrogen and oxygen atoms in total. The van der Waals surface area contributed by atoms with E-state index < -0.39 is 15.8 Å². The Morgan fingerprint density at radius 2 is 1.15 bits per heavy atom. The molecule has 2 saturated heterocycles. The standard InChI is InChI=1S/C44H54N4O3P2S/c49-41(27-16-15-26-40-43-39(34-54-40)46-44(51)47-43)45-29-17-5-14-28-42(50)48(30-32-52(35-18-6-1-7-19-35)36-20-8-2-9-21-36)31-33-53(37-22-10-3-11-23-37)38-24-12-4-13-25-38/h1-4,6-13,18-25,39-40,43H,5,14-17,26-34H2,(H,45,49)(H2,46,47,51)/t39-,40-,43-/m0/s1. The molecule has 0 bridgehead atoms. The summed E-state index contributed by atoms with van der Waals surface area (Å²) in [5.41, 5.74) is 0. The second kappa shape index (κ2) is 21.4. The van der Waals surface area contributed by atoms with Crippen LogP contribution in [0.15, 0.2) is 121 Å². The molecule has 3 N–H and O–H groups in total. The number of hydrogen-bond donors (Lipinski definition) is 3. The Balaban J connectivity index is 0.988. The van der Waals surface area contributed by atoms with Gasteiger partial charge in [-0.05, 0) is 75.1 Å². The number of fused-ring (bicyclic) bond motifs is 1. The van der Waals surface area contributed by atoms with Crippen LogP contribution in [0.4, 0.5) is 4.79 Å². The first-order valence-corrected chi connectivity index (χ1v) is 23.6. The molecule has 4 aromatic rings. The van der Waals surface area contributed by atoms with Gasteiger partial charge in [0.05, 0.1) is 12.1 Å². The first-order valence-electron chi connectivity index (χ1n) is 19.5. The minimum Gasteiger partial charge on any atom is -0.356 e. The Bertz CT molecular complexity index is 1570. The van der Waals surface area contributed by atoms with Gasteiger partial charge in [0.2, 0.25) is 11.8 Å². The second-order valence-electron chi connectivity index (χ2n) is 14.1. The third-order valence-corrected chi connectivity index (χ3v) is 16.8. The minimum atomic E-state index is -0.609. The number of urea groups is 1. The SMILES string of the molecule is O=C(CCCC[C@@H]1SC[C@@H]2NC(=O)N[C@@H]21)NCCCCCC(=O)N(CCP(c1ccccc1)c1ccccc1)CCP(c1ccccc1)c1ccccc1. The zero-order valence-corrected chi connectivity index (χ0v) is 33.8. The van der Waals surface area contributed by atoms with E-state index in [-0.39, 0.29) is 29.9 Å². The fraction of sp³-hybridized carbons (Fsp3) is 0.386. The third kappa shape index (κ3) is 11.9. The van der Waals surface area contributed by atoms with Gasteiger partial charge in [0, 0.05) is 43.5 Å². The Labute approximate surface area is 328 Å². The van der Waals surface area contributed by atoms with Crippen molar-refractivity contribution in [3.8, 4) is 0 Å². The molecule has 0 aromatic heterocycles. The van der Waals surface area contributed by atoms with Gasteiger partial charge in [0.25, 0.3) is 0 Å². The van der Waals surface area contributed by atoms with E-state index in [0.29, 0.717) is 24.6 Å². The Morgan fingerprint density at radius 1 is 0.648 bits per heavy atom. The third-order valence-electron chi connectivity index (χ3n) is 10.3. The molecule has 2 fully saturated rings. The van der Waals surface area contributed by atoms with Gasteiger partial charge in [-0.1, -0.05) is 134 Å². The molecular formula is C44H54N4O3P2S. The van der Waals surface area contributed by atoms with Crippen LogP contribution in [0.2, 0.25) is 0 Å². The molecule has 2 heterocycles. The van der Waals surface area contributed by atoms with E-state index in [4.69, 9.17) is 0 Å². The monoisotopic (exact) mass is 780 g/mol. The van der Waals surface area contributed by atoms with Crippen LogP contribution in [-0.2, 0) is 9.59 Å². The number of unbranched alkanes of at least 4 members (excludes halogenated alkanes) is 3. The zero-order valence-electron chi connectivity index (χ0n) is 31.2. The van der Waals surface area contributed by atoms with E-state index >= 15 is 0 Å². The Morgan fingerprint density at radius 3 is 1.67 bits per heavy atom. The van der Waals surface area contributed by atoms with Gasteiger partial charge in [-0.3, -0.25) is 9.59 Å². The molecular weight excluding hydrogens is 727 g/mol. The molecule has 3 atom stereocenters. The van der Waals surface area contributed by atoms with Crippen molar-refractivity contribution in [2.75, 3.05) is 37.7 Å². The molecule has 10 heteroatoms. The summed E-state index contributed by atoms with van der Waals surface area (Å²) in [7, 11) is -1.22. The van der Waals surface area contributed by atoms with Crippen LogP contribution in [0.25, 0.3) is 0 Å². The molecule has 0 spiro atoms. The Kier molecular flexibility index (Phi) is 15.8. The average molecular weight is 781 g/mol. The van der Waals surface area contributed by atoms with Crippen molar-refractivity contribution >= 4 is 66.7 Å². The van der Waals surface area contributed by atoms with Crippen molar-refractivity contribution in [2.45, 2.75) is 68.7 Å². The lowest BCUT2D eigenvalue weighted by atomic mass is 10.0. The molecule has 2 aliphatic rings. The van der Waals surface area contributed by atoms with Gasteiger partial charge in [0.15, 0.2) is 0 Å². The van der Waals surface area contributed by atoms with Crippen LogP contribution < -0.4 is 37.2 Å². The molecule has 284 valence electrons. The molecule has 0 radical (unpaired) electrons. The van der Waals surface area contributed by atoms with Gasteiger partial charge in [0.1, 0.15) is 0 Å². The predicted octanol–water partition coefficient (Wildman–Crippen LogP) is 6.48. The van der Waals surface area contributed by atoms with Crippen LogP contribution in [0.3, 0.4) is 0 Å². The summed E-state index contributed by atoms with van der Waals surface area (Å²) in [5, 5.41) is 14.9.